The number of hydrogen-bond acceptors (Lipinski definition) is 5. The Balaban J connectivity index is 1.69. The largest absolute Gasteiger partial charge is 0.350 e. The lowest BCUT2D eigenvalue weighted by Gasteiger charge is -2.11. The summed E-state index contributed by atoms with van der Waals surface area (Å²) >= 11 is 0. The molecule has 0 amide bonds. The number of fused-ring (bicyclic) bond motifs is 1. The number of nitrogens with one attached hydrogen (secondary N) is 2. The Morgan fingerprint density at radius 1 is 1.19 bits per heavy atom. The van der Waals surface area contributed by atoms with E-state index in [0.29, 0.717) is 18.1 Å². The minimum absolute atomic E-state index is 0.249. The molecule has 8 nitrogen and oxygen atoms in total. The van der Waals surface area contributed by atoms with Gasteiger partial charge in [0.2, 0.25) is 5.95 Å². The Morgan fingerprint density at radius 3 is 2.81 bits per heavy atom. The van der Waals surface area contributed by atoms with Gasteiger partial charge in [-0.1, -0.05) is 32.0 Å². The molecule has 0 spiro atoms. The van der Waals surface area contributed by atoms with Crippen LogP contribution in [0.5, 0.6) is 0 Å². The van der Waals surface area contributed by atoms with Crippen molar-refractivity contribution >= 4 is 11.6 Å². The zero-order valence-electron chi connectivity index (χ0n) is 14.5. The molecule has 0 bridgehead atoms. The predicted molar refractivity (Wildman–Crippen MR) is 98.6 cm³/mol. The van der Waals surface area contributed by atoms with Crippen molar-refractivity contribution in [2.75, 3.05) is 5.32 Å². The van der Waals surface area contributed by atoms with Crippen molar-refractivity contribution < 1.29 is 0 Å². The number of aromatic nitrogens is 6. The second kappa shape index (κ2) is 6.47. The van der Waals surface area contributed by atoms with Crippen molar-refractivity contribution in [3.8, 4) is 5.69 Å². The molecule has 4 aromatic rings. The predicted octanol–water partition coefficient (Wildman–Crippen LogP) is 2.34. The molecule has 0 atom stereocenters. The van der Waals surface area contributed by atoms with Gasteiger partial charge < -0.3 is 5.32 Å². The van der Waals surface area contributed by atoms with E-state index in [0.717, 1.165) is 16.8 Å². The van der Waals surface area contributed by atoms with Crippen LogP contribution >= 0.6 is 0 Å². The van der Waals surface area contributed by atoms with Crippen LogP contribution in [0.1, 0.15) is 30.9 Å². The summed E-state index contributed by atoms with van der Waals surface area (Å²) < 4.78 is 3.44. The highest BCUT2D eigenvalue weighted by atomic mass is 16.1. The molecule has 0 aliphatic rings. The Labute approximate surface area is 149 Å². The van der Waals surface area contributed by atoms with E-state index in [1.807, 2.05) is 41.2 Å². The highest BCUT2D eigenvalue weighted by molar-refractivity contribution is 5.52. The molecule has 3 aromatic heterocycles. The monoisotopic (exact) mass is 349 g/mol. The number of para-hydroxylation sites is 1. The van der Waals surface area contributed by atoms with E-state index in [4.69, 9.17) is 0 Å². The average molecular weight is 349 g/mol. The minimum Gasteiger partial charge on any atom is -0.350 e. The topological polar surface area (TPSA) is 92.9 Å². The maximum atomic E-state index is 12.0. The standard InChI is InChI=1S/C18H19N7O/c1-12(2)14-11-21-25-16(14)22-18(26)23-17(25)19-10-13-6-3-4-7-15(13)24-9-5-8-20-24/h3-9,11-12H,10H2,1-2H3,(H2,19,22,23,26). The maximum absolute atomic E-state index is 12.0. The van der Waals surface area contributed by atoms with Gasteiger partial charge in [0.15, 0.2) is 0 Å². The smallest absolute Gasteiger partial charge is 0.349 e. The summed E-state index contributed by atoms with van der Waals surface area (Å²) in [7, 11) is 0. The first-order chi connectivity index (χ1) is 12.6. The van der Waals surface area contributed by atoms with Gasteiger partial charge in [0.1, 0.15) is 5.65 Å². The molecule has 0 saturated heterocycles. The van der Waals surface area contributed by atoms with Crippen LogP contribution in [0.3, 0.4) is 0 Å². The Morgan fingerprint density at radius 2 is 2.04 bits per heavy atom. The SMILES string of the molecule is CC(C)c1cnn2c(NCc3ccccc3-n3cccn3)nc(=O)[nH]c12. The van der Waals surface area contributed by atoms with Gasteiger partial charge in [-0.2, -0.15) is 19.7 Å². The number of hydrogen-bond donors (Lipinski definition) is 2. The molecule has 4 rings (SSSR count). The molecule has 1 aromatic carbocycles. The molecule has 0 unspecified atom stereocenters. The van der Waals surface area contributed by atoms with Crippen molar-refractivity contribution in [1.29, 1.82) is 0 Å². The quantitative estimate of drug-likeness (QED) is 0.577. The van der Waals surface area contributed by atoms with Gasteiger partial charge in [-0.3, -0.25) is 4.98 Å². The van der Waals surface area contributed by atoms with Crippen molar-refractivity contribution in [3.05, 3.63) is 70.5 Å². The van der Waals surface area contributed by atoms with Gasteiger partial charge >= 0.3 is 5.69 Å². The molecular weight excluding hydrogens is 330 g/mol. The number of aromatic amines is 1. The zero-order valence-corrected chi connectivity index (χ0v) is 14.5. The van der Waals surface area contributed by atoms with Crippen LogP contribution in [0.15, 0.2) is 53.7 Å². The van der Waals surface area contributed by atoms with Gasteiger partial charge in [-0.05, 0) is 23.6 Å². The molecule has 0 saturated carbocycles. The summed E-state index contributed by atoms with van der Waals surface area (Å²) in [6.45, 7) is 4.60. The van der Waals surface area contributed by atoms with E-state index in [1.165, 1.54) is 0 Å². The molecule has 2 N–H and O–H groups in total. The molecule has 0 fully saturated rings. The molecule has 0 aliphatic heterocycles. The van der Waals surface area contributed by atoms with E-state index < -0.39 is 5.69 Å². The number of nitrogens with zero attached hydrogens (tertiary/aromatic N) is 5. The maximum Gasteiger partial charge on any atom is 0.349 e. The van der Waals surface area contributed by atoms with Crippen LogP contribution in [-0.4, -0.2) is 29.4 Å². The number of anilines is 1. The Kier molecular flexibility index (Phi) is 4.00. The second-order valence-electron chi connectivity index (χ2n) is 6.31. The van der Waals surface area contributed by atoms with Gasteiger partial charge in [0.25, 0.3) is 0 Å². The third-order valence-corrected chi connectivity index (χ3v) is 4.23. The lowest BCUT2D eigenvalue weighted by atomic mass is 10.1. The Bertz CT molecular complexity index is 1090. The summed E-state index contributed by atoms with van der Waals surface area (Å²) in [5.41, 5.74) is 3.24. The van der Waals surface area contributed by atoms with Gasteiger partial charge in [0.05, 0.1) is 11.9 Å². The van der Waals surface area contributed by atoms with Crippen molar-refractivity contribution in [3.63, 3.8) is 0 Å². The fraction of sp³-hybridized carbons (Fsp3) is 0.222. The van der Waals surface area contributed by atoms with Crippen LogP contribution in [-0.2, 0) is 6.54 Å². The van der Waals surface area contributed by atoms with Gasteiger partial charge in [0, 0.05) is 24.5 Å². The number of rotatable bonds is 5. The first kappa shape index (κ1) is 16.1. The molecule has 8 heteroatoms. The van der Waals surface area contributed by atoms with Crippen LogP contribution in [0.25, 0.3) is 11.3 Å². The zero-order chi connectivity index (χ0) is 18.1. The van der Waals surface area contributed by atoms with Gasteiger partial charge in [-0.15, -0.1) is 0 Å². The van der Waals surface area contributed by atoms with E-state index in [-0.39, 0.29) is 5.92 Å². The summed E-state index contributed by atoms with van der Waals surface area (Å²) in [5, 5.41) is 11.9. The van der Waals surface area contributed by atoms with Crippen LogP contribution < -0.4 is 11.0 Å². The van der Waals surface area contributed by atoms with Crippen molar-refractivity contribution in [2.24, 2.45) is 0 Å². The van der Waals surface area contributed by atoms with Crippen LogP contribution in [0.2, 0.25) is 0 Å². The fourth-order valence-electron chi connectivity index (χ4n) is 2.93. The van der Waals surface area contributed by atoms with Crippen molar-refractivity contribution in [2.45, 2.75) is 26.3 Å². The number of benzene rings is 1. The summed E-state index contributed by atoms with van der Waals surface area (Å²) in [6, 6.07) is 9.82. The molecule has 0 radical (unpaired) electrons. The first-order valence-electron chi connectivity index (χ1n) is 8.43. The average Bonchev–Trinajstić information content (AvgIpc) is 3.29. The molecule has 132 valence electrons. The van der Waals surface area contributed by atoms with E-state index in [9.17, 15) is 4.79 Å². The molecule has 3 heterocycles. The lowest BCUT2D eigenvalue weighted by molar-refractivity contribution is 0.841. The van der Waals surface area contributed by atoms with E-state index in [1.54, 1.807) is 16.9 Å². The normalized spacial score (nSPS) is 11.3. The van der Waals surface area contributed by atoms with Crippen LogP contribution in [0.4, 0.5) is 5.95 Å². The summed E-state index contributed by atoms with van der Waals surface area (Å²) in [5.74, 6) is 0.657. The highest BCUT2D eigenvalue weighted by Gasteiger charge is 2.13. The van der Waals surface area contributed by atoms with E-state index in [2.05, 4.69) is 39.3 Å². The third-order valence-electron chi connectivity index (χ3n) is 4.23. The molecular formula is C18H19N7O. The second-order valence-corrected chi connectivity index (χ2v) is 6.31. The van der Waals surface area contributed by atoms with Crippen LogP contribution in [0, 0.1) is 0 Å². The fourth-order valence-corrected chi connectivity index (χ4v) is 2.93. The molecule has 0 aliphatic carbocycles. The summed E-state index contributed by atoms with van der Waals surface area (Å²) in [4.78, 5) is 18.8. The van der Waals surface area contributed by atoms with E-state index >= 15 is 0 Å². The van der Waals surface area contributed by atoms with Gasteiger partial charge in [-0.25, -0.2) is 9.48 Å². The first-order valence-corrected chi connectivity index (χ1v) is 8.43. The Hall–Kier alpha value is -3.42. The molecule has 26 heavy (non-hydrogen) atoms. The van der Waals surface area contributed by atoms with Crippen molar-refractivity contribution in [1.82, 2.24) is 29.4 Å². The summed E-state index contributed by atoms with van der Waals surface area (Å²) in [6.07, 6.45) is 5.40. The number of H-pyrrole nitrogens is 1. The lowest BCUT2D eigenvalue weighted by Crippen LogP contribution is -2.19. The third kappa shape index (κ3) is 2.85. The minimum atomic E-state index is -0.400. The highest BCUT2D eigenvalue weighted by Crippen LogP contribution is 2.20.